The Labute approximate surface area is 108 Å². The van der Waals surface area contributed by atoms with Crippen molar-refractivity contribution in [2.75, 3.05) is 40.3 Å². The van der Waals surface area contributed by atoms with Crippen molar-refractivity contribution < 1.29 is 14.7 Å². The number of likely N-dealkylation sites (N-methyl/N-ethyl adjacent to an activating group) is 2. The van der Waals surface area contributed by atoms with Crippen LogP contribution < -0.4 is 0 Å². The minimum atomic E-state index is -0.987. The van der Waals surface area contributed by atoms with Gasteiger partial charge in [0.25, 0.3) is 0 Å². The van der Waals surface area contributed by atoms with Crippen molar-refractivity contribution in [2.45, 2.75) is 25.8 Å². The van der Waals surface area contributed by atoms with Gasteiger partial charge in [-0.25, -0.2) is 9.59 Å². The van der Waals surface area contributed by atoms with Crippen molar-refractivity contribution in [2.24, 2.45) is 0 Å². The fourth-order valence-electron chi connectivity index (χ4n) is 1.99. The second kappa shape index (κ2) is 6.58. The molecule has 0 aromatic rings. The third-order valence-electron chi connectivity index (χ3n) is 3.52. The standard InChI is InChI=1S/C12H23N3O3/c1-10(11(16)17)14(3)12(18)13(2)8-9-15-6-4-5-7-15/h10H,4-9H2,1-3H3,(H,16,17). The van der Waals surface area contributed by atoms with Gasteiger partial charge in [-0.3, -0.25) is 0 Å². The molecule has 1 unspecified atom stereocenters. The van der Waals surface area contributed by atoms with E-state index in [9.17, 15) is 9.59 Å². The van der Waals surface area contributed by atoms with E-state index in [4.69, 9.17) is 5.11 Å². The van der Waals surface area contributed by atoms with E-state index in [1.54, 1.807) is 11.9 Å². The van der Waals surface area contributed by atoms with Crippen LogP contribution in [0.2, 0.25) is 0 Å². The molecule has 0 saturated carbocycles. The van der Waals surface area contributed by atoms with Gasteiger partial charge in [-0.05, 0) is 32.9 Å². The predicted octanol–water partition coefficient (Wildman–Crippen LogP) is 0.539. The number of hydrogen-bond acceptors (Lipinski definition) is 3. The van der Waals surface area contributed by atoms with Gasteiger partial charge in [0.2, 0.25) is 0 Å². The molecule has 0 aromatic heterocycles. The summed E-state index contributed by atoms with van der Waals surface area (Å²) in [6.07, 6.45) is 2.46. The maximum atomic E-state index is 12.0. The largest absolute Gasteiger partial charge is 0.480 e. The summed E-state index contributed by atoms with van der Waals surface area (Å²) >= 11 is 0. The van der Waals surface area contributed by atoms with Gasteiger partial charge in [-0.1, -0.05) is 0 Å². The second-order valence-electron chi connectivity index (χ2n) is 4.88. The first-order valence-corrected chi connectivity index (χ1v) is 6.36. The van der Waals surface area contributed by atoms with Crippen LogP contribution in [-0.2, 0) is 4.79 Å². The molecule has 1 aliphatic rings. The van der Waals surface area contributed by atoms with Crippen LogP contribution in [0, 0.1) is 0 Å². The lowest BCUT2D eigenvalue weighted by Gasteiger charge is -2.28. The second-order valence-corrected chi connectivity index (χ2v) is 4.88. The SMILES string of the molecule is CC(C(=O)O)N(C)C(=O)N(C)CCN1CCCC1. The lowest BCUT2D eigenvalue weighted by Crippen LogP contribution is -2.48. The predicted molar refractivity (Wildman–Crippen MR) is 68.6 cm³/mol. The average Bonchev–Trinajstić information content (AvgIpc) is 2.86. The van der Waals surface area contributed by atoms with E-state index < -0.39 is 12.0 Å². The number of rotatable bonds is 5. The van der Waals surface area contributed by atoms with E-state index in [-0.39, 0.29) is 6.03 Å². The minimum Gasteiger partial charge on any atom is -0.480 e. The van der Waals surface area contributed by atoms with Gasteiger partial charge in [0, 0.05) is 27.2 Å². The van der Waals surface area contributed by atoms with Crippen LogP contribution in [0.15, 0.2) is 0 Å². The van der Waals surface area contributed by atoms with Crippen LogP contribution in [0.5, 0.6) is 0 Å². The molecule has 0 aromatic carbocycles. The molecular weight excluding hydrogens is 234 g/mol. The average molecular weight is 257 g/mol. The summed E-state index contributed by atoms with van der Waals surface area (Å²) in [4.78, 5) is 27.9. The highest BCUT2D eigenvalue weighted by Gasteiger charge is 2.24. The lowest BCUT2D eigenvalue weighted by molar-refractivity contribution is -0.141. The van der Waals surface area contributed by atoms with Gasteiger partial charge in [0.15, 0.2) is 0 Å². The Bertz CT molecular complexity index is 303. The van der Waals surface area contributed by atoms with Crippen molar-refractivity contribution in [1.82, 2.24) is 14.7 Å². The normalized spacial score (nSPS) is 17.5. The summed E-state index contributed by atoms with van der Waals surface area (Å²) < 4.78 is 0. The Hall–Kier alpha value is -1.30. The summed E-state index contributed by atoms with van der Waals surface area (Å²) in [6, 6.07) is -1.05. The van der Waals surface area contributed by atoms with Crippen LogP contribution in [0.25, 0.3) is 0 Å². The zero-order valence-corrected chi connectivity index (χ0v) is 11.4. The molecule has 1 aliphatic heterocycles. The molecule has 0 radical (unpaired) electrons. The molecule has 1 heterocycles. The monoisotopic (exact) mass is 257 g/mol. The molecule has 1 fully saturated rings. The molecule has 104 valence electrons. The molecule has 2 amide bonds. The van der Waals surface area contributed by atoms with Gasteiger partial charge >= 0.3 is 12.0 Å². The van der Waals surface area contributed by atoms with Crippen LogP contribution >= 0.6 is 0 Å². The first kappa shape index (κ1) is 14.8. The highest BCUT2D eigenvalue weighted by atomic mass is 16.4. The highest BCUT2D eigenvalue weighted by Crippen LogP contribution is 2.07. The maximum Gasteiger partial charge on any atom is 0.326 e. The van der Waals surface area contributed by atoms with Gasteiger partial charge in [-0.15, -0.1) is 0 Å². The van der Waals surface area contributed by atoms with E-state index in [1.165, 1.54) is 31.7 Å². The number of carbonyl (C=O) groups is 2. The van der Waals surface area contributed by atoms with Gasteiger partial charge in [0.1, 0.15) is 6.04 Å². The van der Waals surface area contributed by atoms with Crippen molar-refractivity contribution in [3.05, 3.63) is 0 Å². The van der Waals surface area contributed by atoms with E-state index in [2.05, 4.69) is 4.90 Å². The number of nitrogens with zero attached hydrogens (tertiary/aromatic N) is 3. The summed E-state index contributed by atoms with van der Waals surface area (Å²) in [5.74, 6) is -0.987. The molecule has 0 bridgehead atoms. The molecule has 1 rings (SSSR count). The summed E-state index contributed by atoms with van der Waals surface area (Å²) in [5, 5.41) is 8.86. The molecule has 1 N–H and O–H groups in total. The lowest BCUT2D eigenvalue weighted by atomic mass is 10.3. The Balaban J connectivity index is 2.37. The smallest absolute Gasteiger partial charge is 0.326 e. The Morgan fingerprint density at radius 3 is 2.33 bits per heavy atom. The fourth-order valence-corrected chi connectivity index (χ4v) is 1.99. The van der Waals surface area contributed by atoms with Crippen LogP contribution in [0.1, 0.15) is 19.8 Å². The highest BCUT2D eigenvalue weighted by molar-refractivity contribution is 5.82. The fraction of sp³-hybridized carbons (Fsp3) is 0.833. The van der Waals surface area contributed by atoms with Gasteiger partial charge in [-0.2, -0.15) is 0 Å². The molecule has 0 aliphatic carbocycles. The van der Waals surface area contributed by atoms with Crippen molar-refractivity contribution >= 4 is 12.0 Å². The first-order valence-electron chi connectivity index (χ1n) is 6.36. The number of hydrogen-bond donors (Lipinski definition) is 1. The zero-order valence-electron chi connectivity index (χ0n) is 11.4. The van der Waals surface area contributed by atoms with Crippen LogP contribution in [0.4, 0.5) is 4.79 Å². The van der Waals surface area contributed by atoms with Gasteiger partial charge < -0.3 is 19.8 Å². The minimum absolute atomic E-state index is 0.246. The van der Waals surface area contributed by atoms with E-state index in [0.717, 1.165) is 19.6 Å². The van der Waals surface area contributed by atoms with E-state index >= 15 is 0 Å². The first-order chi connectivity index (χ1) is 8.43. The van der Waals surface area contributed by atoms with Gasteiger partial charge in [0.05, 0.1) is 0 Å². The Kier molecular flexibility index (Phi) is 5.40. The molecular formula is C12H23N3O3. The molecule has 18 heavy (non-hydrogen) atoms. The van der Waals surface area contributed by atoms with Crippen molar-refractivity contribution in [1.29, 1.82) is 0 Å². The van der Waals surface area contributed by atoms with E-state index in [0.29, 0.717) is 6.54 Å². The molecule has 6 nitrogen and oxygen atoms in total. The summed E-state index contributed by atoms with van der Waals surface area (Å²) in [6.45, 7) is 5.20. The van der Waals surface area contributed by atoms with Crippen molar-refractivity contribution in [3.63, 3.8) is 0 Å². The molecule has 6 heteroatoms. The molecule has 0 spiro atoms. The number of amides is 2. The summed E-state index contributed by atoms with van der Waals surface area (Å²) in [5.41, 5.74) is 0. The Morgan fingerprint density at radius 2 is 1.83 bits per heavy atom. The summed E-state index contributed by atoms with van der Waals surface area (Å²) in [7, 11) is 3.23. The topological polar surface area (TPSA) is 64.1 Å². The number of likely N-dealkylation sites (tertiary alicyclic amines) is 1. The molecule has 1 atom stereocenters. The van der Waals surface area contributed by atoms with Crippen LogP contribution in [0.3, 0.4) is 0 Å². The molecule has 1 saturated heterocycles. The number of carboxylic acids is 1. The quantitative estimate of drug-likeness (QED) is 0.780. The number of carboxylic acid groups (broad SMARTS) is 1. The third-order valence-corrected chi connectivity index (χ3v) is 3.52. The van der Waals surface area contributed by atoms with E-state index in [1.807, 2.05) is 0 Å². The van der Waals surface area contributed by atoms with Crippen molar-refractivity contribution in [3.8, 4) is 0 Å². The zero-order chi connectivity index (χ0) is 13.7. The Morgan fingerprint density at radius 1 is 1.28 bits per heavy atom. The maximum absolute atomic E-state index is 12.0. The third kappa shape index (κ3) is 3.87. The van der Waals surface area contributed by atoms with Crippen LogP contribution in [-0.4, -0.2) is 78.1 Å². The number of carbonyl (C=O) groups excluding carboxylic acids is 1. The number of urea groups is 1. The number of aliphatic carboxylic acids is 1.